The first kappa shape index (κ1) is 19.4. The molecule has 1 N–H and O–H groups in total. The molecule has 0 bridgehead atoms. The topological polar surface area (TPSA) is 91.8 Å². The normalized spacial score (nSPS) is 28.0. The minimum absolute atomic E-state index is 0.324. The monoisotopic (exact) mass is 459 g/mol. The number of carboxylic acid groups (broad SMARTS) is 1. The van der Waals surface area contributed by atoms with Crippen molar-refractivity contribution < 1.29 is 23.1 Å². The lowest BCUT2D eigenvalue weighted by Gasteiger charge is -2.35. The Kier molecular flexibility index (Phi) is 5.00. The van der Waals surface area contributed by atoms with Crippen LogP contribution in [0.15, 0.2) is 40.5 Å². The summed E-state index contributed by atoms with van der Waals surface area (Å²) in [7, 11) is -3.69. The summed E-state index contributed by atoms with van der Waals surface area (Å²) in [5.41, 5.74) is 0.821. The molecule has 26 heavy (non-hydrogen) atoms. The predicted octanol–water partition coefficient (Wildman–Crippen LogP) is 2.41. The summed E-state index contributed by atoms with van der Waals surface area (Å²) in [6.07, 6.45) is 4.58. The van der Waals surface area contributed by atoms with E-state index in [4.69, 9.17) is 0 Å². The Labute approximate surface area is 164 Å². The van der Waals surface area contributed by atoms with Gasteiger partial charge in [0.25, 0.3) is 0 Å². The molecule has 2 aliphatic rings. The average Bonchev–Trinajstić information content (AvgIpc) is 3.10. The Bertz CT molecular complexity index is 896. The van der Waals surface area contributed by atoms with E-state index < -0.39 is 31.8 Å². The molecule has 9 heteroatoms. The molecule has 0 amide bonds. The minimum atomic E-state index is -3.69. The first-order valence-corrected chi connectivity index (χ1v) is 11.8. The average molecular weight is 460 g/mol. The van der Waals surface area contributed by atoms with E-state index in [2.05, 4.69) is 15.9 Å². The molecule has 3 atom stereocenters. The number of rotatable bonds is 5. The van der Waals surface area contributed by atoms with Crippen molar-refractivity contribution in [3.63, 3.8) is 0 Å². The van der Waals surface area contributed by atoms with Crippen LogP contribution in [0.2, 0.25) is 0 Å². The molecule has 0 aliphatic carbocycles. The Balaban J connectivity index is 2.14. The number of nitrogens with zero attached hydrogens (tertiary/aromatic N) is 1. The van der Waals surface area contributed by atoms with Crippen molar-refractivity contribution in [2.75, 3.05) is 19.1 Å². The minimum Gasteiger partial charge on any atom is -0.481 e. The van der Waals surface area contributed by atoms with Crippen molar-refractivity contribution in [3.8, 4) is 0 Å². The molecule has 6 nitrogen and oxygen atoms in total. The molecule has 3 rings (SSSR count). The van der Waals surface area contributed by atoms with E-state index in [0.717, 1.165) is 22.5 Å². The molecule has 0 saturated carbocycles. The maximum Gasteiger partial charge on any atom is 0.312 e. The number of sulfone groups is 1. The van der Waals surface area contributed by atoms with Crippen LogP contribution in [0.5, 0.6) is 0 Å². The van der Waals surface area contributed by atoms with Gasteiger partial charge in [0.2, 0.25) is 0 Å². The highest BCUT2D eigenvalue weighted by atomic mass is 79.9. The van der Waals surface area contributed by atoms with Crippen LogP contribution in [-0.4, -0.2) is 59.4 Å². The second-order valence-electron chi connectivity index (χ2n) is 6.41. The van der Waals surface area contributed by atoms with Gasteiger partial charge in [0.05, 0.1) is 5.92 Å². The number of fused-ring (bicyclic) bond motifs is 1. The summed E-state index contributed by atoms with van der Waals surface area (Å²) >= 11 is 4.38. The van der Waals surface area contributed by atoms with Crippen LogP contribution >= 0.6 is 27.7 Å². The van der Waals surface area contributed by atoms with Gasteiger partial charge in [-0.05, 0) is 30.9 Å². The second kappa shape index (κ2) is 6.69. The van der Waals surface area contributed by atoms with Gasteiger partial charge in [-0.1, -0.05) is 28.1 Å². The van der Waals surface area contributed by atoms with E-state index in [-0.39, 0.29) is 5.78 Å². The number of hydrogen-bond donors (Lipinski definition) is 1. The van der Waals surface area contributed by atoms with E-state index in [9.17, 15) is 23.1 Å². The van der Waals surface area contributed by atoms with Gasteiger partial charge in [-0.25, -0.2) is 8.42 Å². The molecule has 2 heterocycles. The maximum atomic E-state index is 13.3. The summed E-state index contributed by atoms with van der Waals surface area (Å²) in [5.74, 6) is -2.11. The van der Waals surface area contributed by atoms with Crippen molar-refractivity contribution in [3.05, 3.63) is 46.1 Å². The molecule has 1 saturated heterocycles. The highest BCUT2D eigenvalue weighted by Gasteiger charge is 2.59. The van der Waals surface area contributed by atoms with Gasteiger partial charge >= 0.3 is 5.97 Å². The number of benzene rings is 1. The van der Waals surface area contributed by atoms with Crippen molar-refractivity contribution >= 4 is 49.3 Å². The first-order valence-electron chi connectivity index (χ1n) is 7.89. The van der Waals surface area contributed by atoms with Crippen LogP contribution < -0.4 is 0 Å². The van der Waals surface area contributed by atoms with Crippen LogP contribution in [0.1, 0.15) is 16.8 Å². The molecular weight excluding hydrogens is 442 g/mol. The Hall–Kier alpha value is -1.32. The molecule has 3 unspecified atom stereocenters. The van der Waals surface area contributed by atoms with Gasteiger partial charge in [-0.2, -0.15) is 0 Å². The summed E-state index contributed by atoms with van der Waals surface area (Å²) in [6.45, 7) is 0.341. The molecular formula is C17H18BrNO5S2. The second-order valence-corrected chi connectivity index (χ2v) is 10.9. The first-order chi connectivity index (χ1) is 12.1. The van der Waals surface area contributed by atoms with Crippen molar-refractivity contribution in [1.82, 2.24) is 4.90 Å². The third-order valence-corrected chi connectivity index (χ3v) is 9.38. The third kappa shape index (κ3) is 2.90. The van der Waals surface area contributed by atoms with Crippen LogP contribution in [0.4, 0.5) is 0 Å². The smallest absolute Gasteiger partial charge is 0.312 e. The highest BCUT2D eigenvalue weighted by Crippen LogP contribution is 2.49. The van der Waals surface area contributed by atoms with Crippen molar-refractivity contribution in [2.45, 2.75) is 16.5 Å². The van der Waals surface area contributed by atoms with Crippen molar-refractivity contribution in [2.24, 2.45) is 5.92 Å². The standard InChI is InChI=1S/C17H18BrNO5S2/c1-25-17(26(2,23)24)9-13-12(16(21)22)7-8-19(13)15(17)14(20)10-3-5-11(18)6-4-10/h3-6,9,12,15H,7-8H2,1-2H3,(H,21,22). The Morgan fingerprint density at radius 3 is 2.42 bits per heavy atom. The van der Waals surface area contributed by atoms with Crippen molar-refractivity contribution in [1.29, 1.82) is 0 Å². The number of halogens is 1. The van der Waals surface area contributed by atoms with Gasteiger partial charge in [0.15, 0.2) is 19.7 Å². The van der Waals surface area contributed by atoms with E-state index >= 15 is 0 Å². The summed E-state index contributed by atoms with van der Waals surface area (Å²) in [5, 5.41) is 9.46. The van der Waals surface area contributed by atoms with Crippen LogP contribution in [0, 0.1) is 5.92 Å². The number of carbonyl (C=O) groups is 2. The molecule has 2 aliphatic heterocycles. The number of aliphatic carboxylic acids is 1. The van der Waals surface area contributed by atoms with Crippen LogP contribution in [-0.2, 0) is 14.6 Å². The number of thioether (sulfide) groups is 1. The quantitative estimate of drug-likeness (QED) is 0.675. The Morgan fingerprint density at radius 1 is 1.31 bits per heavy atom. The Morgan fingerprint density at radius 2 is 1.92 bits per heavy atom. The van der Waals surface area contributed by atoms with Crippen LogP contribution in [0.3, 0.4) is 0 Å². The zero-order valence-electron chi connectivity index (χ0n) is 14.2. The number of carboxylic acids is 1. The number of hydrogen-bond acceptors (Lipinski definition) is 6. The van der Waals surface area contributed by atoms with Gasteiger partial charge in [0, 0.05) is 28.5 Å². The lowest BCUT2D eigenvalue weighted by Crippen LogP contribution is -2.52. The molecule has 1 fully saturated rings. The van der Waals surface area contributed by atoms with E-state index in [1.54, 1.807) is 35.4 Å². The van der Waals surface area contributed by atoms with Gasteiger partial charge in [0.1, 0.15) is 6.04 Å². The number of carbonyl (C=O) groups excluding carboxylic acids is 1. The molecule has 1 aromatic rings. The van der Waals surface area contributed by atoms with Crippen LogP contribution in [0.25, 0.3) is 0 Å². The zero-order valence-corrected chi connectivity index (χ0v) is 17.4. The molecule has 140 valence electrons. The molecule has 1 aromatic carbocycles. The van der Waals surface area contributed by atoms with E-state index in [1.807, 2.05) is 0 Å². The predicted molar refractivity (Wildman–Crippen MR) is 104 cm³/mol. The van der Waals surface area contributed by atoms with Gasteiger partial charge in [-0.15, -0.1) is 11.8 Å². The fraction of sp³-hybridized carbons (Fsp3) is 0.412. The summed E-state index contributed by atoms with van der Waals surface area (Å²) < 4.78 is 24.7. The number of Topliss-reactive ketones (excluding diaryl/α,β-unsaturated/α-hetero) is 1. The van der Waals surface area contributed by atoms with Gasteiger partial charge < -0.3 is 10.0 Å². The maximum absolute atomic E-state index is 13.3. The van der Waals surface area contributed by atoms with Gasteiger partial charge in [-0.3, -0.25) is 9.59 Å². The molecule has 0 aromatic heterocycles. The summed E-state index contributed by atoms with van der Waals surface area (Å²) in [4.78, 5) is 26.5. The van der Waals surface area contributed by atoms with E-state index in [1.165, 1.54) is 6.08 Å². The lowest BCUT2D eigenvalue weighted by molar-refractivity contribution is -0.140. The third-order valence-electron chi connectivity index (χ3n) is 4.96. The van der Waals surface area contributed by atoms with E-state index in [0.29, 0.717) is 24.2 Å². The molecule has 0 spiro atoms. The lowest BCUT2D eigenvalue weighted by atomic mass is 10.0. The largest absolute Gasteiger partial charge is 0.481 e. The summed E-state index contributed by atoms with van der Waals surface area (Å²) in [6, 6.07) is 5.75. The number of ketones is 1. The fourth-order valence-electron chi connectivity index (χ4n) is 3.69. The zero-order chi connectivity index (χ0) is 19.3. The molecule has 0 radical (unpaired) electrons. The highest BCUT2D eigenvalue weighted by molar-refractivity contribution is 9.10. The SMILES string of the molecule is CSC1(S(C)(=O)=O)C=C2C(C(=O)O)CCN2C1C(=O)c1ccc(Br)cc1. The fourth-order valence-corrected chi connectivity index (χ4v) is 6.83.